The van der Waals surface area contributed by atoms with Gasteiger partial charge in [-0.3, -0.25) is 0 Å². The second-order valence-corrected chi connectivity index (χ2v) is 2.79. The van der Waals surface area contributed by atoms with Crippen molar-refractivity contribution in [2.45, 2.75) is 0 Å². The maximum absolute atomic E-state index is 10.6. The molecule has 0 amide bonds. The fourth-order valence-corrected chi connectivity index (χ4v) is 1.41. The van der Waals surface area contributed by atoms with Gasteiger partial charge in [-0.25, -0.2) is 5.06 Å². The molecule has 0 N–H and O–H groups in total. The van der Waals surface area contributed by atoms with E-state index in [4.69, 9.17) is 4.94 Å². The molecule has 4 nitrogen and oxygen atoms in total. The average Bonchev–Trinajstić information content (AvgIpc) is 2.27. The molecular formula is C5H5N2O2S-. The van der Waals surface area contributed by atoms with Crippen LogP contribution in [0.4, 0.5) is 0 Å². The molecule has 2 aliphatic heterocycles. The summed E-state index contributed by atoms with van der Waals surface area (Å²) >= 11 is 1.04. The molecule has 0 atom stereocenters. The lowest BCUT2D eigenvalue weighted by molar-refractivity contribution is -0.212. The number of fused-ring (bicyclic) bond motifs is 1. The lowest BCUT2D eigenvalue weighted by Crippen LogP contribution is -2.19. The molecule has 10 heavy (non-hydrogen) atoms. The summed E-state index contributed by atoms with van der Waals surface area (Å²) in [6, 6.07) is 0. The Labute approximate surface area is 62.4 Å². The van der Waals surface area contributed by atoms with E-state index >= 15 is 0 Å². The van der Waals surface area contributed by atoms with Crippen LogP contribution in [0.1, 0.15) is 0 Å². The van der Waals surface area contributed by atoms with Gasteiger partial charge in [-0.2, -0.15) is 9.57 Å². The van der Waals surface area contributed by atoms with Crippen molar-refractivity contribution in [2.24, 2.45) is 0 Å². The highest BCUT2D eigenvalue weighted by Crippen LogP contribution is 2.33. The molecule has 0 aromatic heterocycles. The minimum absolute atomic E-state index is 0.485. The van der Waals surface area contributed by atoms with Gasteiger partial charge in [0, 0.05) is 0 Å². The van der Waals surface area contributed by atoms with Gasteiger partial charge in [-0.05, 0) is 18.0 Å². The van der Waals surface area contributed by atoms with Crippen molar-refractivity contribution >= 4 is 11.9 Å². The second-order valence-electron chi connectivity index (χ2n) is 1.89. The number of rotatable bonds is 0. The third kappa shape index (κ3) is 0.929. The van der Waals surface area contributed by atoms with Crippen LogP contribution in [-0.4, -0.2) is 16.2 Å². The molecule has 0 radical (unpaired) electrons. The molecular weight excluding hydrogens is 152 g/mol. The summed E-state index contributed by atoms with van der Waals surface area (Å²) in [5.74, 6) is 0. The summed E-state index contributed by atoms with van der Waals surface area (Å²) in [4.78, 5) is 4.72. The average molecular weight is 157 g/mol. The van der Waals surface area contributed by atoms with Crippen LogP contribution in [-0.2, 0) is 4.94 Å². The van der Waals surface area contributed by atoms with Gasteiger partial charge in [0.1, 0.15) is 5.03 Å². The highest BCUT2D eigenvalue weighted by molar-refractivity contribution is 8.00. The van der Waals surface area contributed by atoms with Gasteiger partial charge in [0.2, 0.25) is 0 Å². The summed E-state index contributed by atoms with van der Waals surface area (Å²) in [6.45, 7) is 0.650. The number of hydrogen-bond acceptors (Lipinski definition) is 5. The number of allylic oxidation sites excluding steroid dienone is 2. The van der Waals surface area contributed by atoms with E-state index in [-0.39, 0.29) is 0 Å². The largest absolute Gasteiger partial charge is 0.750 e. The molecule has 54 valence electrons. The van der Waals surface area contributed by atoms with Gasteiger partial charge in [-0.1, -0.05) is 12.2 Å². The Balaban J connectivity index is 2.18. The number of nitrogens with zero attached hydrogens (tertiary/aromatic N) is 2. The predicted molar refractivity (Wildman–Crippen MR) is 37.8 cm³/mol. The van der Waals surface area contributed by atoms with Crippen LogP contribution in [0.25, 0.3) is 0 Å². The van der Waals surface area contributed by atoms with Crippen LogP contribution in [0, 0.1) is 5.21 Å². The Morgan fingerprint density at radius 1 is 1.70 bits per heavy atom. The monoisotopic (exact) mass is 157 g/mol. The van der Waals surface area contributed by atoms with Crippen molar-refractivity contribution < 1.29 is 4.94 Å². The van der Waals surface area contributed by atoms with Crippen molar-refractivity contribution in [2.75, 3.05) is 6.54 Å². The Bertz CT molecular complexity index is 204. The lowest BCUT2D eigenvalue weighted by atomic mass is 10.4. The van der Waals surface area contributed by atoms with Crippen molar-refractivity contribution in [1.29, 1.82) is 0 Å². The Kier molecular flexibility index (Phi) is 1.42. The van der Waals surface area contributed by atoms with E-state index in [2.05, 4.69) is 0 Å². The van der Waals surface area contributed by atoms with Crippen molar-refractivity contribution in [1.82, 2.24) is 9.70 Å². The molecule has 2 aliphatic rings. The topological polar surface area (TPSA) is 38.8 Å². The molecule has 2 rings (SSSR count). The van der Waals surface area contributed by atoms with Crippen molar-refractivity contribution in [3.63, 3.8) is 0 Å². The minimum atomic E-state index is 0.485. The quantitative estimate of drug-likeness (QED) is 0.490. The zero-order chi connectivity index (χ0) is 6.97. The third-order valence-electron chi connectivity index (χ3n) is 1.23. The Morgan fingerprint density at radius 2 is 2.60 bits per heavy atom. The minimum Gasteiger partial charge on any atom is -0.750 e. The lowest BCUT2D eigenvalue weighted by Gasteiger charge is -2.18. The van der Waals surface area contributed by atoms with Crippen LogP contribution < -0.4 is 0 Å². The van der Waals surface area contributed by atoms with Gasteiger partial charge in [0.25, 0.3) is 0 Å². The zero-order valence-corrected chi connectivity index (χ0v) is 5.87. The van der Waals surface area contributed by atoms with E-state index in [1.54, 1.807) is 0 Å². The number of hydroxylamine groups is 2. The maximum Gasteiger partial charge on any atom is 0.115 e. The third-order valence-corrected chi connectivity index (χ3v) is 1.97. The van der Waals surface area contributed by atoms with Crippen LogP contribution in [0.2, 0.25) is 0 Å². The highest BCUT2D eigenvalue weighted by Gasteiger charge is 2.21. The SMILES string of the molecule is [O-]N1ON2CC=CC=C2S1. The fourth-order valence-electron chi connectivity index (χ4n) is 0.803. The first-order valence-corrected chi connectivity index (χ1v) is 3.61. The first kappa shape index (κ1) is 6.23. The van der Waals surface area contributed by atoms with E-state index in [0.29, 0.717) is 11.2 Å². The maximum atomic E-state index is 10.6. The van der Waals surface area contributed by atoms with E-state index in [1.807, 2.05) is 18.2 Å². The van der Waals surface area contributed by atoms with Gasteiger partial charge in [0.15, 0.2) is 0 Å². The summed E-state index contributed by atoms with van der Waals surface area (Å²) in [6.07, 6.45) is 5.66. The first-order valence-electron chi connectivity index (χ1n) is 2.84. The molecule has 0 aliphatic carbocycles. The predicted octanol–water partition coefficient (Wildman–Crippen LogP) is 1.01. The molecule has 5 heteroatoms. The molecule has 1 saturated heterocycles. The van der Waals surface area contributed by atoms with Crippen LogP contribution >= 0.6 is 11.9 Å². The van der Waals surface area contributed by atoms with E-state index in [1.165, 1.54) is 5.06 Å². The molecule has 0 saturated carbocycles. The molecule has 0 aromatic carbocycles. The molecule has 0 spiro atoms. The van der Waals surface area contributed by atoms with E-state index in [9.17, 15) is 5.21 Å². The summed E-state index contributed by atoms with van der Waals surface area (Å²) in [5.41, 5.74) is 0. The normalized spacial score (nSPS) is 24.9. The molecule has 0 aromatic rings. The molecule has 1 fully saturated rings. The smallest absolute Gasteiger partial charge is 0.115 e. The van der Waals surface area contributed by atoms with E-state index in [0.717, 1.165) is 17.0 Å². The number of hydrogen-bond donors (Lipinski definition) is 0. The van der Waals surface area contributed by atoms with Gasteiger partial charge < -0.3 is 5.21 Å². The molecule has 0 unspecified atom stereocenters. The summed E-state index contributed by atoms with van der Waals surface area (Å²) in [7, 11) is 0. The first-order chi connectivity index (χ1) is 4.86. The van der Waals surface area contributed by atoms with Gasteiger partial charge in [-0.15, -0.1) is 0 Å². The van der Waals surface area contributed by atoms with Crippen LogP contribution in [0.3, 0.4) is 0 Å². The summed E-state index contributed by atoms with van der Waals surface area (Å²) in [5, 5.41) is 12.9. The van der Waals surface area contributed by atoms with Crippen LogP contribution in [0.5, 0.6) is 0 Å². The standard InChI is InChI=1S/C5H5N2O2S/c8-7-9-6-4-2-1-3-5(6)10-7/h1-3H,4H2/q-1. The van der Waals surface area contributed by atoms with Crippen molar-refractivity contribution in [3.8, 4) is 0 Å². The van der Waals surface area contributed by atoms with Crippen LogP contribution in [0.15, 0.2) is 23.3 Å². The Hall–Kier alpha value is -0.490. The van der Waals surface area contributed by atoms with Gasteiger partial charge >= 0.3 is 0 Å². The zero-order valence-electron chi connectivity index (χ0n) is 5.06. The van der Waals surface area contributed by atoms with E-state index < -0.39 is 0 Å². The highest BCUT2D eigenvalue weighted by atomic mass is 32.2. The summed E-state index contributed by atoms with van der Waals surface area (Å²) < 4.78 is 0.485. The fraction of sp³-hybridized carbons (Fsp3) is 0.200. The van der Waals surface area contributed by atoms with Crippen molar-refractivity contribution in [3.05, 3.63) is 28.5 Å². The van der Waals surface area contributed by atoms with Gasteiger partial charge in [0.05, 0.1) is 6.54 Å². The second kappa shape index (κ2) is 2.28. The molecule has 0 bridgehead atoms. The molecule has 2 heterocycles. The Morgan fingerprint density at radius 3 is 3.40 bits per heavy atom.